The van der Waals surface area contributed by atoms with Crippen molar-refractivity contribution in [3.05, 3.63) is 36.7 Å². The van der Waals surface area contributed by atoms with Crippen molar-refractivity contribution in [3.8, 4) is 23.1 Å². The zero-order valence-electron chi connectivity index (χ0n) is 12.9. The van der Waals surface area contributed by atoms with Crippen LogP contribution in [0.2, 0.25) is 0 Å². The number of pyridine rings is 2. The number of aromatic nitrogens is 4. The molecule has 0 saturated heterocycles. The Morgan fingerprint density at radius 1 is 1.42 bits per heavy atom. The van der Waals surface area contributed by atoms with Crippen LogP contribution in [0.15, 0.2) is 36.7 Å². The lowest BCUT2D eigenvalue weighted by atomic mass is 10.1. The number of fused-ring (bicyclic) bond motifs is 1. The average Bonchev–Trinajstić information content (AvgIpc) is 3.01. The summed E-state index contributed by atoms with van der Waals surface area (Å²) >= 11 is 0. The summed E-state index contributed by atoms with van der Waals surface area (Å²) in [5.74, 6) is 0.428. The van der Waals surface area contributed by atoms with Crippen LogP contribution >= 0.6 is 0 Å². The van der Waals surface area contributed by atoms with E-state index in [0.29, 0.717) is 11.5 Å². The van der Waals surface area contributed by atoms with Gasteiger partial charge in [0.2, 0.25) is 17.7 Å². The Morgan fingerprint density at radius 2 is 2.29 bits per heavy atom. The van der Waals surface area contributed by atoms with E-state index in [-0.39, 0.29) is 24.7 Å². The van der Waals surface area contributed by atoms with Crippen molar-refractivity contribution in [2.45, 2.75) is 12.8 Å². The predicted molar refractivity (Wildman–Crippen MR) is 86.2 cm³/mol. The number of hydrogen-bond donors (Lipinski definition) is 1. The summed E-state index contributed by atoms with van der Waals surface area (Å²) in [7, 11) is 1.56. The van der Waals surface area contributed by atoms with E-state index in [2.05, 4.69) is 20.4 Å². The van der Waals surface area contributed by atoms with Crippen molar-refractivity contribution < 1.29 is 9.53 Å². The van der Waals surface area contributed by atoms with E-state index in [4.69, 9.17) is 10.00 Å². The average molecular weight is 322 g/mol. The van der Waals surface area contributed by atoms with Crippen molar-refractivity contribution in [1.82, 2.24) is 19.6 Å². The Hall–Kier alpha value is -3.47. The van der Waals surface area contributed by atoms with E-state index < -0.39 is 0 Å². The van der Waals surface area contributed by atoms with E-state index in [1.807, 2.05) is 24.3 Å². The first-order valence-corrected chi connectivity index (χ1v) is 7.24. The number of nitriles is 1. The number of methoxy groups -OCH3 is 1. The molecular formula is C16H14N6O2. The molecule has 0 unspecified atom stereocenters. The first-order valence-electron chi connectivity index (χ1n) is 7.24. The largest absolute Gasteiger partial charge is 0.481 e. The van der Waals surface area contributed by atoms with E-state index in [9.17, 15) is 4.79 Å². The molecule has 3 aromatic heterocycles. The third-order valence-electron chi connectivity index (χ3n) is 3.32. The molecule has 120 valence electrons. The lowest BCUT2D eigenvalue weighted by molar-refractivity contribution is -0.116. The number of ether oxygens (including phenoxy) is 1. The number of hydrogen-bond acceptors (Lipinski definition) is 6. The molecule has 3 aromatic rings. The highest BCUT2D eigenvalue weighted by molar-refractivity contribution is 5.89. The van der Waals surface area contributed by atoms with Crippen LogP contribution in [-0.2, 0) is 4.79 Å². The van der Waals surface area contributed by atoms with Crippen LogP contribution < -0.4 is 10.1 Å². The zero-order chi connectivity index (χ0) is 16.9. The Labute approximate surface area is 137 Å². The maximum Gasteiger partial charge on any atom is 0.249 e. The molecule has 3 heterocycles. The minimum absolute atomic E-state index is 0.115. The third-order valence-corrected chi connectivity index (χ3v) is 3.32. The number of nitrogens with one attached hydrogen (secondary N) is 1. The van der Waals surface area contributed by atoms with Gasteiger partial charge in [0.15, 0.2) is 5.65 Å². The maximum atomic E-state index is 11.6. The van der Waals surface area contributed by atoms with Crippen LogP contribution in [0.5, 0.6) is 5.88 Å². The maximum absolute atomic E-state index is 11.6. The quantitative estimate of drug-likeness (QED) is 0.770. The van der Waals surface area contributed by atoms with Crippen molar-refractivity contribution >= 4 is 17.5 Å². The number of carbonyl (C=O) groups is 1. The van der Waals surface area contributed by atoms with Gasteiger partial charge in [0, 0.05) is 36.4 Å². The molecule has 8 heteroatoms. The van der Waals surface area contributed by atoms with E-state index in [0.717, 1.165) is 11.1 Å². The van der Waals surface area contributed by atoms with Crippen LogP contribution in [0, 0.1) is 11.3 Å². The fourth-order valence-electron chi connectivity index (χ4n) is 2.23. The second-order valence-corrected chi connectivity index (χ2v) is 4.92. The second-order valence-electron chi connectivity index (χ2n) is 4.92. The summed E-state index contributed by atoms with van der Waals surface area (Å²) in [6, 6.07) is 9.31. The summed E-state index contributed by atoms with van der Waals surface area (Å²) in [6.45, 7) is 0. The predicted octanol–water partition coefficient (Wildman–Crippen LogP) is 2.04. The minimum Gasteiger partial charge on any atom is -0.481 e. The molecule has 0 aromatic carbocycles. The van der Waals surface area contributed by atoms with Gasteiger partial charge in [0.1, 0.15) is 0 Å². The molecule has 0 aliphatic rings. The molecule has 3 rings (SSSR count). The fraction of sp³-hybridized carbons (Fsp3) is 0.188. The van der Waals surface area contributed by atoms with Crippen molar-refractivity contribution in [3.63, 3.8) is 0 Å². The highest BCUT2D eigenvalue weighted by Gasteiger charge is 2.11. The third kappa shape index (κ3) is 3.15. The highest BCUT2D eigenvalue weighted by Crippen LogP contribution is 2.27. The second kappa shape index (κ2) is 6.75. The van der Waals surface area contributed by atoms with E-state index >= 15 is 0 Å². The molecule has 0 aliphatic heterocycles. The minimum atomic E-state index is -0.290. The van der Waals surface area contributed by atoms with Crippen LogP contribution in [0.1, 0.15) is 12.8 Å². The van der Waals surface area contributed by atoms with E-state index in [1.165, 1.54) is 0 Å². The van der Waals surface area contributed by atoms with Crippen LogP contribution in [0.3, 0.4) is 0 Å². The molecule has 0 bridgehead atoms. The highest BCUT2D eigenvalue weighted by atomic mass is 16.5. The Bertz CT molecular complexity index is 928. The molecule has 0 radical (unpaired) electrons. The van der Waals surface area contributed by atoms with Gasteiger partial charge in [-0.15, -0.1) is 5.10 Å². The van der Waals surface area contributed by atoms with Gasteiger partial charge < -0.3 is 4.74 Å². The van der Waals surface area contributed by atoms with Gasteiger partial charge in [0.05, 0.1) is 13.2 Å². The first kappa shape index (κ1) is 15.4. The van der Waals surface area contributed by atoms with Gasteiger partial charge in [-0.1, -0.05) is 0 Å². The van der Waals surface area contributed by atoms with Gasteiger partial charge in [-0.2, -0.15) is 10.2 Å². The topological polar surface area (TPSA) is 105 Å². The van der Waals surface area contributed by atoms with Crippen LogP contribution in [0.25, 0.3) is 16.8 Å². The molecular weight excluding hydrogens is 308 g/mol. The van der Waals surface area contributed by atoms with Gasteiger partial charge in [-0.25, -0.2) is 9.50 Å². The first-order chi connectivity index (χ1) is 11.7. The summed E-state index contributed by atoms with van der Waals surface area (Å²) in [5, 5.41) is 15.3. The molecule has 8 nitrogen and oxygen atoms in total. The molecule has 1 N–H and O–H groups in total. The van der Waals surface area contributed by atoms with Crippen molar-refractivity contribution in [2.24, 2.45) is 0 Å². The molecule has 0 aliphatic carbocycles. The fourth-order valence-corrected chi connectivity index (χ4v) is 2.23. The monoisotopic (exact) mass is 322 g/mol. The van der Waals surface area contributed by atoms with Crippen LogP contribution in [0.4, 0.5) is 5.95 Å². The molecule has 0 saturated carbocycles. The number of nitrogens with zero attached hydrogens (tertiary/aromatic N) is 5. The van der Waals surface area contributed by atoms with Gasteiger partial charge in [0.25, 0.3) is 0 Å². The zero-order valence-corrected chi connectivity index (χ0v) is 12.9. The Kier molecular flexibility index (Phi) is 4.34. The Morgan fingerprint density at radius 3 is 3.08 bits per heavy atom. The van der Waals surface area contributed by atoms with E-state index in [1.54, 1.807) is 30.1 Å². The van der Waals surface area contributed by atoms with Gasteiger partial charge in [-0.3, -0.25) is 10.1 Å². The summed E-state index contributed by atoms with van der Waals surface area (Å²) < 4.78 is 6.84. The normalized spacial score (nSPS) is 10.3. The van der Waals surface area contributed by atoms with Crippen molar-refractivity contribution in [2.75, 3.05) is 12.4 Å². The number of carbonyl (C=O) groups excluding carboxylic acids is 1. The Balaban J connectivity index is 1.89. The molecule has 24 heavy (non-hydrogen) atoms. The molecule has 0 fully saturated rings. The smallest absolute Gasteiger partial charge is 0.249 e. The van der Waals surface area contributed by atoms with Gasteiger partial charge >= 0.3 is 0 Å². The van der Waals surface area contributed by atoms with Crippen molar-refractivity contribution in [1.29, 1.82) is 5.26 Å². The number of anilines is 1. The number of rotatable bonds is 5. The standard InChI is InChI=1S/C16H14N6O2/c1-24-15-12(4-3-9-18-15)11-6-7-13-19-16(21-22(13)10-11)20-14(23)5-2-8-17/h3-4,6-7,9-10H,2,5H2,1H3,(H,20,21,23). The van der Waals surface area contributed by atoms with Gasteiger partial charge in [-0.05, 0) is 24.3 Å². The molecule has 0 atom stereocenters. The molecule has 0 spiro atoms. The lowest BCUT2D eigenvalue weighted by Gasteiger charge is -2.06. The lowest BCUT2D eigenvalue weighted by Crippen LogP contribution is -2.12. The van der Waals surface area contributed by atoms with Crippen LogP contribution in [-0.4, -0.2) is 32.6 Å². The number of amides is 1. The SMILES string of the molecule is COc1ncccc1-c1ccc2nc(NC(=O)CCC#N)nn2c1. The molecule has 1 amide bonds. The summed E-state index contributed by atoms with van der Waals surface area (Å²) in [5.41, 5.74) is 2.29. The summed E-state index contributed by atoms with van der Waals surface area (Å²) in [6.07, 6.45) is 3.71. The summed E-state index contributed by atoms with van der Waals surface area (Å²) in [4.78, 5) is 20.0.